The first kappa shape index (κ1) is 19.3. The molecule has 8 heteroatoms. The van der Waals surface area contributed by atoms with E-state index in [1.165, 1.54) is 30.2 Å². The maximum absolute atomic E-state index is 14.3. The van der Waals surface area contributed by atoms with Crippen LogP contribution in [0.15, 0.2) is 30.3 Å². The zero-order valence-electron chi connectivity index (χ0n) is 15.7. The molecule has 0 aliphatic carbocycles. The summed E-state index contributed by atoms with van der Waals surface area (Å²) in [4.78, 5) is 25.6. The van der Waals surface area contributed by atoms with Gasteiger partial charge in [-0.2, -0.15) is 0 Å². The Morgan fingerprint density at radius 1 is 1.21 bits per heavy atom. The number of ether oxygens (including phenoxy) is 3. The number of Topliss-reactive ketones (excluding diaryl/α,β-unsaturated/α-hetero) is 1. The van der Waals surface area contributed by atoms with Gasteiger partial charge in [-0.15, -0.1) is 0 Å². The summed E-state index contributed by atoms with van der Waals surface area (Å²) in [6.07, 6.45) is -0.0882. The molecule has 2 aliphatic heterocycles. The summed E-state index contributed by atoms with van der Waals surface area (Å²) in [5, 5.41) is 0. The molecule has 2 heterocycles. The van der Waals surface area contributed by atoms with E-state index in [0.717, 1.165) is 6.07 Å². The number of hydrogen-bond acceptors (Lipinski definition) is 5. The van der Waals surface area contributed by atoms with Crippen molar-refractivity contribution in [2.24, 2.45) is 0 Å². The van der Waals surface area contributed by atoms with Crippen molar-refractivity contribution in [1.29, 1.82) is 0 Å². The van der Waals surface area contributed by atoms with Crippen LogP contribution < -0.4 is 9.47 Å². The highest BCUT2D eigenvalue weighted by Crippen LogP contribution is 2.28. The van der Waals surface area contributed by atoms with E-state index in [1.807, 2.05) is 0 Å². The number of likely N-dealkylation sites (tertiary alicyclic amines) is 1. The van der Waals surface area contributed by atoms with Gasteiger partial charge in [-0.05, 0) is 23.8 Å². The molecule has 1 amide bonds. The van der Waals surface area contributed by atoms with Crippen molar-refractivity contribution in [3.63, 3.8) is 0 Å². The Morgan fingerprint density at radius 3 is 2.72 bits per heavy atom. The van der Waals surface area contributed by atoms with E-state index < -0.39 is 17.5 Å². The number of amides is 1. The average molecular weight is 403 g/mol. The molecule has 0 saturated carbocycles. The fourth-order valence-corrected chi connectivity index (χ4v) is 3.35. The molecule has 6 nitrogen and oxygen atoms in total. The molecular formula is C21H19F2NO5. The number of rotatable bonds is 5. The first-order valence-corrected chi connectivity index (χ1v) is 9.15. The largest absolute Gasteiger partial charge is 0.494 e. The lowest BCUT2D eigenvalue weighted by molar-refractivity contribution is -0.121. The third-order valence-corrected chi connectivity index (χ3v) is 4.99. The molecule has 0 bridgehead atoms. The van der Waals surface area contributed by atoms with Crippen molar-refractivity contribution in [2.45, 2.75) is 19.1 Å². The Morgan fingerprint density at radius 2 is 2.00 bits per heavy atom. The summed E-state index contributed by atoms with van der Waals surface area (Å²) in [7, 11) is 1.39. The van der Waals surface area contributed by atoms with Crippen LogP contribution in [0.4, 0.5) is 8.78 Å². The Hall–Kier alpha value is -3.00. The number of benzene rings is 2. The average Bonchev–Trinajstić information content (AvgIpc) is 2.66. The quantitative estimate of drug-likeness (QED) is 0.768. The molecule has 1 saturated heterocycles. The zero-order chi connectivity index (χ0) is 20.5. The van der Waals surface area contributed by atoms with E-state index in [9.17, 15) is 18.4 Å². The van der Waals surface area contributed by atoms with Crippen molar-refractivity contribution in [3.05, 3.63) is 58.7 Å². The van der Waals surface area contributed by atoms with Crippen LogP contribution in [-0.2, 0) is 22.6 Å². The minimum absolute atomic E-state index is 0.0804. The molecule has 0 spiro atoms. The van der Waals surface area contributed by atoms with E-state index in [-0.39, 0.29) is 42.8 Å². The Bertz CT molecular complexity index is 972. The maximum atomic E-state index is 14.3. The van der Waals surface area contributed by atoms with Gasteiger partial charge in [-0.1, -0.05) is 6.07 Å². The SMILES string of the molecule is COc1ccc(COC2CN(C(=O)c3cc4c(cc3F)OCC(=O)C4)C2)cc1F. The molecule has 0 aromatic heterocycles. The third-order valence-electron chi connectivity index (χ3n) is 4.99. The first-order valence-electron chi connectivity index (χ1n) is 9.15. The van der Waals surface area contributed by atoms with Crippen molar-refractivity contribution in [1.82, 2.24) is 4.90 Å². The van der Waals surface area contributed by atoms with Crippen LogP contribution in [0.1, 0.15) is 21.5 Å². The number of ketones is 1. The molecular weight excluding hydrogens is 384 g/mol. The molecule has 0 unspecified atom stereocenters. The van der Waals surface area contributed by atoms with Crippen LogP contribution in [-0.4, -0.2) is 49.5 Å². The smallest absolute Gasteiger partial charge is 0.257 e. The number of halogens is 2. The molecule has 29 heavy (non-hydrogen) atoms. The van der Waals surface area contributed by atoms with E-state index in [1.54, 1.807) is 6.07 Å². The Kier molecular flexibility index (Phi) is 5.19. The molecule has 4 rings (SSSR count). The normalized spacial score (nSPS) is 16.1. The van der Waals surface area contributed by atoms with Crippen molar-refractivity contribution >= 4 is 11.7 Å². The van der Waals surface area contributed by atoms with Gasteiger partial charge in [-0.25, -0.2) is 8.78 Å². The molecule has 0 radical (unpaired) electrons. The van der Waals surface area contributed by atoms with Crippen LogP contribution in [0.5, 0.6) is 11.5 Å². The zero-order valence-corrected chi connectivity index (χ0v) is 15.7. The van der Waals surface area contributed by atoms with Gasteiger partial charge >= 0.3 is 0 Å². The maximum Gasteiger partial charge on any atom is 0.257 e. The standard InChI is InChI=1S/C21H19F2NO5/c1-27-19-3-2-12(4-18(19)23)10-28-15-8-24(9-15)21(26)16-6-13-5-14(25)11-29-20(13)7-17(16)22/h2-4,6-7,15H,5,8-11H2,1H3. The second-order valence-electron chi connectivity index (χ2n) is 7.06. The third kappa shape index (κ3) is 3.93. The van der Waals surface area contributed by atoms with Gasteiger partial charge in [0.1, 0.15) is 18.2 Å². The Labute approximate surface area is 166 Å². The number of fused-ring (bicyclic) bond motifs is 1. The summed E-state index contributed by atoms with van der Waals surface area (Å²) in [6.45, 7) is 0.732. The van der Waals surface area contributed by atoms with Gasteiger partial charge in [0.2, 0.25) is 0 Å². The highest BCUT2D eigenvalue weighted by molar-refractivity contribution is 5.96. The second kappa shape index (κ2) is 7.79. The van der Waals surface area contributed by atoms with Gasteiger partial charge in [-0.3, -0.25) is 9.59 Å². The van der Waals surface area contributed by atoms with E-state index in [0.29, 0.717) is 30.0 Å². The minimum Gasteiger partial charge on any atom is -0.494 e. The minimum atomic E-state index is -0.679. The summed E-state index contributed by atoms with van der Waals surface area (Å²) >= 11 is 0. The Balaban J connectivity index is 1.34. The summed E-state index contributed by atoms with van der Waals surface area (Å²) in [5.74, 6) is -1.26. The number of carbonyl (C=O) groups excluding carboxylic acids is 2. The van der Waals surface area contributed by atoms with Gasteiger partial charge in [0.05, 0.1) is 25.4 Å². The summed E-state index contributed by atoms with van der Waals surface area (Å²) < 4.78 is 43.8. The number of methoxy groups -OCH3 is 1. The fourth-order valence-electron chi connectivity index (χ4n) is 3.35. The van der Waals surface area contributed by atoms with Crippen molar-refractivity contribution < 1.29 is 32.6 Å². The van der Waals surface area contributed by atoms with Gasteiger partial charge < -0.3 is 19.1 Å². The molecule has 2 aromatic carbocycles. The lowest BCUT2D eigenvalue weighted by atomic mass is 10.0. The van der Waals surface area contributed by atoms with Crippen LogP contribution in [0.3, 0.4) is 0 Å². The molecule has 1 fully saturated rings. The van der Waals surface area contributed by atoms with Gasteiger partial charge in [0.15, 0.2) is 17.3 Å². The lowest BCUT2D eigenvalue weighted by Gasteiger charge is -2.39. The van der Waals surface area contributed by atoms with E-state index in [2.05, 4.69) is 0 Å². The predicted octanol–water partition coefficient (Wildman–Crippen LogP) is 2.52. The summed E-state index contributed by atoms with van der Waals surface area (Å²) in [5.41, 5.74) is 1.08. The van der Waals surface area contributed by atoms with E-state index in [4.69, 9.17) is 14.2 Å². The van der Waals surface area contributed by atoms with Crippen molar-refractivity contribution in [3.8, 4) is 11.5 Å². The number of hydrogen-bond donors (Lipinski definition) is 0. The highest BCUT2D eigenvalue weighted by atomic mass is 19.1. The molecule has 2 aliphatic rings. The van der Waals surface area contributed by atoms with Crippen LogP contribution in [0, 0.1) is 11.6 Å². The van der Waals surface area contributed by atoms with E-state index >= 15 is 0 Å². The van der Waals surface area contributed by atoms with Crippen LogP contribution in [0.2, 0.25) is 0 Å². The van der Waals surface area contributed by atoms with Crippen molar-refractivity contribution in [2.75, 3.05) is 26.8 Å². The highest BCUT2D eigenvalue weighted by Gasteiger charge is 2.34. The lowest BCUT2D eigenvalue weighted by Crippen LogP contribution is -2.54. The fraction of sp³-hybridized carbons (Fsp3) is 0.333. The number of nitrogens with zero attached hydrogens (tertiary/aromatic N) is 1. The number of carbonyl (C=O) groups is 2. The molecule has 2 aromatic rings. The van der Waals surface area contributed by atoms with Crippen LogP contribution >= 0.6 is 0 Å². The molecule has 0 atom stereocenters. The van der Waals surface area contributed by atoms with Gasteiger partial charge in [0.25, 0.3) is 5.91 Å². The first-order chi connectivity index (χ1) is 13.9. The van der Waals surface area contributed by atoms with Crippen LogP contribution in [0.25, 0.3) is 0 Å². The molecule has 0 N–H and O–H groups in total. The van der Waals surface area contributed by atoms with Gasteiger partial charge in [0, 0.05) is 31.1 Å². The second-order valence-corrected chi connectivity index (χ2v) is 7.06. The topological polar surface area (TPSA) is 65.1 Å². The molecule has 152 valence electrons. The monoisotopic (exact) mass is 403 g/mol. The predicted molar refractivity (Wildman–Crippen MR) is 98.0 cm³/mol. The summed E-state index contributed by atoms with van der Waals surface area (Å²) in [6, 6.07) is 7.11.